The van der Waals surface area contributed by atoms with Gasteiger partial charge in [0.15, 0.2) is 0 Å². The lowest BCUT2D eigenvalue weighted by Gasteiger charge is -2.40. The molecule has 0 bridgehead atoms. The number of carbonyl (C=O) groups excluding carboxylic acids is 3. The predicted molar refractivity (Wildman–Crippen MR) is 173 cm³/mol. The molecule has 1 aliphatic carbocycles. The van der Waals surface area contributed by atoms with E-state index >= 15 is 0 Å². The minimum absolute atomic E-state index is 0.0559. The lowest BCUT2D eigenvalue weighted by Crippen LogP contribution is -2.61. The summed E-state index contributed by atoms with van der Waals surface area (Å²) in [6.07, 6.45) is 5.38. The highest BCUT2D eigenvalue weighted by atomic mass is 32.2. The maximum atomic E-state index is 14.0. The summed E-state index contributed by atoms with van der Waals surface area (Å²) in [5.41, 5.74) is 0.0135. The molecule has 2 rings (SSSR count). The van der Waals surface area contributed by atoms with Gasteiger partial charge in [0.05, 0.1) is 17.8 Å². The van der Waals surface area contributed by atoms with Gasteiger partial charge in [0.25, 0.3) is 5.91 Å². The van der Waals surface area contributed by atoms with Gasteiger partial charge in [0, 0.05) is 18.0 Å². The third-order valence-electron chi connectivity index (χ3n) is 8.62. The predicted octanol–water partition coefficient (Wildman–Crippen LogP) is 4.15. The van der Waals surface area contributed by atoms with E-state index in [1.54, 1.807) is 32.0 Å². The Morgan fingerprint density at radius 3 is 2.05 bits per heavy atom. The Bertz CT molecular complexity index is 1250. The Balaban J connectivity index is 2.27. The number of benzene rings is 1. The fraction of sp³-hybridized carbons (Fsp3) is 0.667. The van der Waals surface area contributed by atoms with Crippen molar-refractivity contribution in [3.63, 3.8) is 0 Å². The molecule has 0 saturated heterocycles. The molecule has 3 atom stereocenters. The number of likely N-dealkylation sites (N-methyl/N-ethyl adjacent to an activating group) is 2. The van der Waals surface area contributed by atoms with Gasteiger partial charge in [-0.1, -0.05) is 97.7 Å². The molecule has 0 unspecified atom stereocenters. The molecule has 0 spiro atoms. The highest BCUT2D eigenvalue weighted by molar-refractivity contribution is 7.90. The molecule has 10 heteroatoms. The van der Waals surface area contributed by atoms with E-state index in [-0.39, 0.29) is 35.0 Å². The summed E-state index contributed by atoms with van der Waals surface area (Å²) in [7, 11) is -0.380. The van der Waals surface area contributed by atoms with Crippen molar-refractivity contribution in [1.29, 1.82) is 0 Å². The SMILES string of the molecule is CN[C@H](C(=O)N[C@H](C(=O)N(C)[C@H](C=C(C)C(=O)NS(=O)(=O)CC1CCCC1)C(C)C)C(C)(C)C)C(C)(C)c1ccccc1. The van der Waals surface area contributed by atoms with Crippen molar-refractivity contribution in [3.8, 4) is 0 Å². The first-order valence-corrected chi connectivity index (χ1v) is 17.0. The van der Waals surface area contributed by atoms with Crippen LogP contribution in [0.25, 0.3) is 0 Å². The zero-order valence-corrected chi connectivity index (χ0v) is 28.6. The highest BCUT2D eigenvalue weighted by Crippen LogP contribution is 2.29. The standard InChI is InChI=1S/C33H54N4O5S/c1-22(2)26(20-23(3)29(38)36-43(41,42)21-24-16-14-15-17-24)37(10)31(40)28(32(4,5)6)35-30(39)27(34-9)33(7,8)25-18-12-11-13-19-25/h11-13,18-20,22,24,26-28,34H,14-17,21H2,1-10H3,(H,35,39)(H,36,38)/t26-,27-,28-/m1/s1. The van der Waals surface area contributed by atoms with E-state index in [2.05, 4.69) is 15.4 Å². The molecular formula is C33H54N4O5S. The molecule has 0 radical (unpaired) electrons. The van der Waals surface area contributed by atoms with E-state index in [1.807, 2.05) is 78.8 Å². The number of nitrogens with zero attached hydrogens (tertiary/aromatic N) is 1. The van der Waals surface area contributed by atoms with Crippen LogP contribution in [0.2, 0.25) is 0 Å². The van der Waals surface area contributed by atoms with Crippen LogP contribution in [0.3, 0.4) is 0 Å². The Morgan fingerprint density at radius 1 is 1.00 bits per heavy atom. The molecule has 0 aromatic heterocycles. The van der Waals surface area contributed by atoms with Crippen molar-refractivity contribution >= 4 is 27.7 Å². The molecule has 1 aromatic carbocycles. The van der Waals surface area contributed by atoms with Crippen LogP contribution in [0, 0.1) is 17.3 Å². The van der Waals surface area contributed by atoms with Crippen LogP contribution in [-0.2, 0) is 29.8 Å². The van der Waals surface area contributed by atoms with Crippen molar-refractivity contribution < 1.29 is 22.8 Å². The van der Waals surface area contributed by atoms with E-state index in [0.717, 1.165) is 31.2 Å². The van der Waals surface area contributed by atoms with Crippen molar-refractivity contribution in [2.45, 2.75) is 105 Å². The topological polar surface area (TPSA) is 125 Å². The van der Waals surface area contributed by atoms with Gasteiger partial charge in [0.2, 0.25) is 21.8 Å². The van der Waals surface area contributed by atoms with Gasteiger partial charge in [-0.2, -0.15) is 0 Å². The van der Waals surface area contributed by atoms with Crippen molar-refractivity contribution in [2.24, 2.45) is 17.3 Å². The molecule has 43 heavy (non-hydrogen) atoms. The molecular weight excluding hydrogens is 564 g/mol. The van der Waals surface area contributed by atoms with E-state index in [0.29, 0.717) is 0 Å². The summed E-state index contributed by atoms with van der Waals surface area (Å²) in [5.74, 6) is -1.36. The fourth-order valence-electron chi connectivity index (χ4n) is 5.91. The van der Waals surface area contributed by atoms with Gasteiger partial charge in [-0.3, -0.25) is 14.4 Å². The monoisotopic (exact) mass is 618 g/mol. The normalized spacial score (nSPS) is 17.3. The maximum absolute atomic E-state index is 14.0. The summed E-state index contributed by atoms with van der Waals surface area (Å²) in [6, 6.07) is 7.78. The van der Waals surface area contributed by atoms with Gasteiger partial charge in [-0.05, 0) is 49.6 Å². The lowest BCUT2D eigenvalue weighted by atomic mass is 9.76. The average Bonchev–Trinajstić information content (AvgIpc) is 3.41. The van der Waals surface area contributed by atoms with Crippen molar-refractivity contribution in [1.82, 2.24) is 20.3 Å². The number of rotatable bonds is 13. The second-order valence-corrected chi connectivity index (χ2v) is 15.8. The number of sulfonamides is 1. The number of amides is 3. The Labute approximate surface area is 259 Å². The average molecular weight is 619 g/mol. The molecule has 0 heterocycles. The number of hydrogen-bond acceptors (Lipinski definition) is 6. The largest absolute Gasteiger partial charge is 0.342 e. The van der Waals surface area contributed by atoms with Crippen LogP contribution in [0.1, 0.15) is 86.6 Å². The van der Waals surface area contributed by atoms with Crippen LogP contribution < -0.4 is 15.4 Å². The quantitative estimate of drug-likeness (QED) is 0.286. The summed E-state index contributed by atoms with van der Waals surface area (Å²) < 4.78 is 27.5. The zero-order chi connectivity index (χ0) is 32.8. The number of carbonyl (C=O) groups is 3. The van der Waals surface area contributed by atoms with Crippen LogP contribution in [-0.4, -0.2) is 69.0 Å². The van der Waals surface area contributed by atoms with E-state index in [9.17, 15) is 22.8 Å². The van der Waals surface area contributed by atoms with Crippen LogP contribution in [0.15, 0.2) is 42.0 Å². The highest BCUT2D eigenvalue weighted by Gasteiger charge is 2.41. The molecule has 3 amide bonds. The van der Waals surface area contributed by atoms with Crippen molar-refractivity contribution in [3.05, 3.63) is 47.5 Å². The molecule has 9 nitrogen and oxygen atoms in total. The van der Waals surface area contributed by atoms with E-state index < -0.39 is 44.9 Å². The fourth-order valence-corrected chi connectivity index (χ4v) is 7.39. The van der Waals surface area contributed by atoms with E-state index in [1.165, 1.54) is 0 Å². The molecule has 1 aromatic rings. The number of hydrogen-bond donors (Lipinski definition) is 3. The van der Waals surface area contributed by atoms with Gasteiger partial charge in [-0.25, -0.2) is 13.1 Å². The molecule has 1 fully saturated rings. The van der Waals surface area contributed by atoms with E-state index in [4.69, 9.17) is 0 Å². The molecule has 1 saturated carbocycles. The van der Waals surface area contributed by atoms with Gasteiger partial charge < -0.3 is 15.5 Å². The Kier molecular flexibility index (Phi) is 12.6. The summed E-state index contributed by atoms with van der Waals surface area (Å²) in [4.78, 5) is 42.2. The van der Waals surface area contributed by atoms with Crippen LogP contribution in [0.5, 0.6) is 0 Å². The second-order valence-electron chi connectivity index (χ2n) is 14.0. The van der Waals surface area contributed by atoms with Crippen molar-refractivity contribution in [2.75, 3.05) is 19.8 Å². The minimum Gasteiger partial charge on any atom is -0.342 e. The second kappa shape index (κ2) is 14.8. The van der Waals surface area contributed by atoms with Crippen LogP contribution in [0.4, 0.5) is 0 Å². The summed E-state index contributed by atoms with van der Waals surface area (Å²) in [5, 5.41) is 6.17. The summed E-state index contributed by atoms with van der Waals surface area (Å²) >= 11 is 0. The maximum Gasteiger partial charge on any atom is 0.260 e. The first-order valence-electron chi connectivity index (χ1n) is 15.3. The lowest BCUT2D eigenvalue weighted by molar-refractivity contribution is -0.140. The summed E-state index contributed by atoms with van der Waals surface area (Å²) in [6.45, 7) is 15.1. The third-order valence-corrected chi connectivity index (χ3v) is 10.0. The zero-order valence-electron chi connectivity index (χ0n) is 27.8. The molecule has 1 aliphatic rings. The van der Waals surface area contributed by atoms with Gasteiger partial charge in [-0.15, -0.1) is 0 Å². The first-order chi connectivity index (χ1) is 19.8. The molecule has 3 N–H and O–H groups in total. The molecule has 242 valence electrons. The smallest absolute Gasteiger partial charge is 0.260 e. The number of nitrogens with one attached hydrogen (secondary N) is 3. The first kappa shape index (κ1) is 36.5. The van der Waals surface area contributed by atoms with Crippen LogP contribution >= 0.6 is 0 Å². The molecule has 0 aliphatic heterocycles. The Hall–Kier alpha value is -2.72. The van der Waals surface area contributed by atoms with Gasteiger partial charge in [0.1, 0.15) is 6.04 Å². The van der Waals surface area contributed by atoms with Gasteiger partial charge >= 0.3 is 0 Å². The third kappa shape index (κ3) is 9.89. The minimum atomic E-state index is -3.77. The Morgan fingerprint density at radius 2 is 1.56 bits per heavy atom.